The molecule has 28 heavy (non-hydrogen) atoms. The van der Waals surface area contributed by atoms with E-state index in [1.165, 1.54) is 5.69 Å². The van der Waals surface area contributed by atoms with Gasteiger partial charge in [-0.3, -0.25) is 9.69 Å². The minimum atomic E-state index is 0.241. The van der Waals surface area contributed by atoms with Crippen LogP contribution in [-0.2, 0) is 4.79 Å². The Morgan fingerprint density at radius 2 is 1.25 bits per heavy atom. The number of hydrogen-bond acceptors (Lipinski definition) is 5. The van der Waals surface area contributed by atoms with Crippen LogP contribution in [0.5, 0.6) is 5.75 Å². The zero-order chi connectivity index (χ0) is 19.3. The van der Waals surface area contributed by atoms with Gasteiger partial charge in [-0.1, -0.05) is 18.2 Å². The highest BCUT2D eigenvalue weighted by atomic mass is 16.3. The van der Waals surface area contributed by atoms with E-state index in [0.717, 1.165) is 58.0 Å². The number of carbonyl (C=O) groups is 1. The molecule has 0 spiro atoms. The monoisotopic (exact) mass is 380 g/mol. The van der Waals surface area contributed by atoms with Crippen LogP contribution in [0.15, 0.2) is 54.6 Å². The molecule has 0 unspecified atom stereocenters. The maximum absolute atomic E-state index is 12.7. The average Bonchev–Trinajstić information content (AvgIpc) is 2.76. The third-order valence-corrected chi connectivity index (χ3v) is 5.70. The number of phenols is 1. The van der Waals surface area contributed by atoms with Crippen LogP contribution in [0.4, 0.5) is 11.4 Å². The Kier molecular flexibility index (Phi) is 5.67. The van der Waals surface area contributed by atoms with Crippen molar-refractivity contribution in [3.63, 3.8) is 0 Å². The van der Waals surface area contributed by atoms with Crippen molar-refractivity contribution < 1.29 is 9.90 Å². The Morgan fingerprint density at radius 1 is 0.714 bits per heavy atom. The van der Waals surface area contributed by atoms with Crippen LogP contribution in [0.25, 0.3) is 0 Å². The van der Waals surface area contributed by atoms with Crippen molar-refractivity contribution in [3.05, 3.63) is 54.6 Å². The van der Waals surface area contributed by atoms with E-state index in [9.17, 15) is 9.90 Å². The van der Waals surface area contributed by atoms with Crippen LogP contribution < -0.4 is 9.80 Å². The molecule has 2 aliphatic heterocycles. The highest BCUT2D eigenvalue weighted by molar-refractivity contribution is 5.78. The molecule has 4 rings (SSSR count). The maximum Gasteiger partial charge on any atom is 0.236 e. The molecule has 2 aromatic carbocycles. The molecular formula is C22H28N4O2. The molecule has 1 amide bonds. The van der Waals surface area contributed by atoms with E-state index in [1.54, 1.807) is 12.1 Å². The molecule has 0 aliphatic carbocycles. The topological polar surface area (TPSA) is 50.3 Å². The summed E-state index contributed by atoms with van der Waals surface area (Å²) in [6, 6.07) is 17.8. The van der Waals surface area contributed by atoms with Crippen molar-refractivity contribution >= 4 is 17.3 Å². The number of benzene rings is 2. The smallest absolute Gasteiger partial charge is 0.236 e. The number of rotatable bonds is 4. The molecule has 2 fully saturated rings. The fourth-order valence-electron chi connectivity index (χ4n) is 3.97. The largest absolute Gasteiger partial charge is 0.508 e. The highest BCUT2D eigenvalue weighted by Gasteiger charge is 2.25. The van der Waals surface area contributed by atoms with E-state index >= 15 is 0 Å². The van der Waals surface area contributed by atoms with Gasteiger partial charge in [0.15, 0.2) is 0 Å². The van der Waals surface area contributed by atoms with Crippen LogP contribution in [-0.4, -0.2) is 79.7 Å². The van der Waals surface area contributed by atoms with E-state index in [2.05, 4.69) is 39.0 Å². The minimum absolute atomic E-state index is 0.241. The number of aromatic hydroxyl groups is 1. The molecular weight excluding hydrogens is 352 g/mol. The van der Waals surface area contributed by atoms with Gasteiger partial charge in [-0.05, 0) is 36.4 Å². The number of nitrogens with zero attached hydrogens (tertiary/aromatic N) is 4. The molecule has 6 nitrogen and oxygen atoms in total. The molecule has 148 valence electrons. The minimum Gasteiger partial charge on any atom is -0.508 e. The normalized spacial score (nSPS) is 18.4. The molecule has 0 radical (unpaired) electrons. The van der Waals surface area contributed by atoms with E-state index in [1.807, 2.05) is 23.1 Å². The van der Waals surface area contributed by atoms with Crippen molar-refractivity contribution in [1.82, 2.24) is 9.80 Å². The van der Waals surface area contributed by atoms with E-state index in [-0.39, 0.29) is 5.91 Å². The molecule has 0 saturated carbocycles. The van der Waals surface area contributed by atoms with Crippen molar-refractivity contribution in [1.29, 1.82) is 0 Å². The molecule has 2 heterocycles. The molecule has 2 aliphatic rings. The summed E-state index contributed by atoms with van der Waals surface area (Å²) < 4.78 is 0. The summed E-state index contributed by atoms with van der Waals surface area (Å²) in [5.74, 6) is 0.533. The van der Waals surface area contributed by atoms with Gasteiger partial charge in [-0.25, -0.2) is 0 Å². The number of anilines is 2. The first kappa shape index (κ1) is 18.6. The number of para-hydroxylation sites is 1. The van der Waals surface area contributed by atoms with Gasteiger partial charge in [0.25, 0.3) is 0 Å². The first-order chi connectivity index (χ1) is 13.7. The van der Waals surface area contributed by atoms with Crippen LogP contribution >= 0.6 is 0 Å². The predicted octanol–water partition coefficient (Wildman–Crippen LogP) is 1.86. The van der Waals surface area contributed by atoms with Crippen molar-refractivity contribution in [3.8, 4) is 5.75 Å². The van der Waals surface area contributed by atoms with Crippen LogP contribution in [0.3, 0.4) is 0 Å². The first-order valence-corrected chi connectivity index (χ1v) is 10.0. The highest BCUT2D eigenvalue weighted by Crippen LogP contribution is 2.20. The SMILES string of the molecule is O=C(CN1CCN(c2ccc(O)cc2)CC1)N1CCN(c2ccccc2)CC1. The predicted molar refractivity (Wildman–Crippen MR) is 112 cm³/mol. The Bertz CT molecular complexity index is 765. The van der Waals surface area contributed by atoms with E-state index in [0.29, 0.717) is 12.3 Å². The molecule has 0 bridgehead atoms. The van der Waals surface area contributed by atoms with Crippen LogP contribution in [0, 0.1) is 0 Å². The lowest BCUT2D eigenvalue weighted by Gasteiger charge is -2.39. The lowest BCUT2D eigenvalue weighted by atomic mass is 10.2. The quantitative estimate of drug-likeness (QED) is 0.878. The molecule has 6 heteroatoms. The molecule has 2 saturated heterocycles. The standard InChI is InChI=1S/C22H28N4O2/c27-21-8-6-20(7-9-21)24-12-10-23(11-13-24)18-22(28)26-16-14-25(15-17-26)19-4-2-1-3-5-19/h1-9,27H,10-18H2. The molecule has 0 atom stereocenters. The summed E-state index contributed by atoms with van der Waals surface area (Å²) in [6.07, 6.45) is 0. The summed E-state index contributed by atoms with van der Waals surface area (Å²) in [4.78, 5) is 21.6. The summed E-state index contributed by atoms with van der Waals surface area (Å²) in [7, 11) is 0. The summed E-state index contributed by atoms with van der Waals surface area (Å²) >= 11 is 0. The van der Waals surface area contributed by atoms with Gasteiger partial charge in [0, 0.05) is 63.7 Å². The maximum atomic E-state index is 12.7. The van der Waals surface area contributed by atoms with Crippen molar-refractivity contribution in [2.24, 2.45) is 0 Å². The van der Waals surface area contributed by atoms with Crippen LogP contribution in [0.2, 0.25) is 0 Å². The first-order valence-electron chi connectivity index (χ1n) is 10.0. The van der Waals surface area contributed by atoms with Gasteiger partial charge >= 0.3 is 0 Å². The second-order valence-corrected chi connectivity index (χ2v) is 7.48. The molecule has 2 aromatic rings. The Hall–Kier alpha value is -2.73. The second-order valence-electron chi connectivity index (χ2n) is 7.48. The van der Waals surface area contributed by atoms with Crippen molar-refractivity contribution in [2.75, 3.05) is 68.7 Å². The van der Waals surface area contributed by atoms with Gasteiger partial charge in [-0.15, -0.1) is 0 Å². The molecule has 1 N–H and O–H groups in total. The third kappa shape index (κ3) is 4.39. The summed E-state index contributed by atoms with van der Waals surface area (Å²) in [5.41, 5.74) is 2.36. The lowest BCUT2D eigenvalue weighted by molar-refractivity contribution is -0.132. The lowest BCUT2D eigenvalue weighted by Crippen LogP contribution is -2.54. The molecule has 0 aromatic heterocycles. The van der Waals surface area contributed by atoms with Crippen LogP contribution in [0.1, 0.15) is 0 Å². The zero-order valence-corrected chi connectivity index (χ0v) is 16.2. The zero-order valence-electron chi connectivity index (χ0n) is 16.2. The van der Waals surface area contributed by atoms with E-state index in [4.69, 9.17) is 0 Å². The van der Waals surface area contributed by atoms with Crippen molar-refractivity contribution in [2.45, 2.75) is 0 Å². The van der Waals surface area contributed by atoms with Gasteiger partial charge in [0.05, 0.1) is 6.54 Å². The number of amides is 1. The van der Waals surface area contributed by atoms with Gasteiger partial charge in [-0.2, -0.15) is 0 Å². The fraction of sp³-hybridized carbons (Fsp3) is 0.409. The Morgan fingerprint density at radius 3 is 1.86 bits per heavy atom. The number of phenolic OH excluding ortho intramolecular Hbond substituents is 1. The summed E-state index contributed by atoms with van der Waals surface area (Å²) in [5, 5.41) is 9.43. The van der Waals surface area contributed by atoms with Gasteiger partial charge in [0.1, 0.15) is 5.75 Å². The number of hydrogen-bond donors (Lipinski definition) is 1. The number of piperazine rings is 2. The second kappa shape index (κ2) is 8.52. The average molecular weight is 380 g/mol. The van der Waals surface area contributed by atoms with E-state index < -0.39 is 0 Å². The Balaban J connectivity index is 1.22. The Labute approximate surface area is 166 Å². The van der Waals surface area contributed by atoms with Gasteiger partial charge in [0.2, 0.25) is 5.91 Å². The van der Waals surface area contributed by atoms with Gasteiger partial charge < -0.3 is 19.8 Å². The fourth-order valence-corrected chi connectivity index (χ4v) is 3.97. The third-order valence-electron chi connectivity index (χ3n) is 5.70. The summed E-state index contributed by atoms with van der Waals surface area (Å²) in [6.45, 7) is 7.46. The number of carbonyl (C=O) groups excluding carboxylic acids is 1.